The van der Waals surface area contributed by atoms with E-state index in [2.05, 4.69) is 26.6 Å². The van der Waals surface area contributed by atoms with Gasteiger partial charge in [-0.05, 0) is 73.6 Å². The van der Waals surface area contributed by atoms with Crippen LogP contribution in [0.2, 0.25) is 0 Å². The third kappa shape index (κ3) is 3.77. The normalized spacial score (nSPS) is 10.2. The smallest absolute Gasteiger partial charge is 0.175 e. The summed E-state index contributed by atoms with van der Waals surface area (Å²) in [7, 11) is 0. The molecular weight excluding hydrogens is 339 g/mol. The van der Waals surface area contributed by atoms with E-state index in [-0.39, 0.29) is 5.82 Å². The summed E-state index contributed by atoms with van der Waals surface area (Å²) in [4.78, 5) is 0. The van der Waals surface area contributed by atoms with Crippen molar-refractivity contribution in [3.8, 4) is 0 Å². The molecule has 0 fully saturated rings. The van der Waals surface area contributed by atoms with E-state index < -0.39 is 0 Å². The van der Waals surface area contributed by atoms with Crippen LogP contribution in [0.3, 0.4) is 0 Å². The molecule has 0 aliphatic rings. The Labute approximate surface area is 131 Å². The minimum absolute atomic E-state index is 0.224. The van der Waals surface area contributed by atoms with E-state index in [9.17, 15) is 4.39 Å². The monoisotopic (exact) mass is 352 g/mol. The average molecular weight is 353 g/mol. The predicted octanol–water partition coefficient (Wildman–Crippen LogP) is 5.01. The lowest BCUT2D eigenvalue weighted by atomic mass is 10.2. The minimum atomic E-state index is -0.224. The van der Waals surface area contributed by atoms with Crippen molar-refractivity contribution >= 4 is 44.6 Å². The second kappa shape index (κ2) is 6.33. The number of hydrogen-bond donors (Lipinski definition) is 2. The highest BCUT2D eigenvalue weighted by molar-refractivity contribution is 9.10. The van der Waals surface area contributed by atoms with Gasteiger partial charge < -0.3 is 10.6 Å². The van der Waals surface area contributed by atoms with Gasteiger partial charge in [0.15, 0.2) is 5.11 Å². The molecular formula is C15H14BrFN2S. The van der Waals surface area contributed by atoms with Crippen LogP contribution >= 0.6 is 28.1 Å². The maximum atomic E-state index is 13.2. The van der Waals surface area contributed by atoms with Crippen molar-refractivity contribution in [2.45, 2.75) is 13.8 Å². The molecule has 0 amide bonds. The van der Waals surface area contributed by atoms with E-state index in [1.54, 1.807) is 19.1 Å². The first-order chi connectivity index (χ1) is 9.45. The van der Waals surface area contributed by atoms with Crippen molar-refractivity contribution in [2.24, 2.45) is 0 Å². The highest BCUT2D eigenvalue weighted by Gasteiger charge is 2.03. The number of aryl methyl sites for hydroxylation is 2. The number of halogens is 2. The molecule has 2 nitrogen and oxygen atoms in total. The molecule has 0 bridgehead atoms. The Hall–Kier alpha value is -1.46. The Morgan fingerprint density at radius 2 is 1.55 bits per heavy atom. The number of thiocarbonyl (C=S) groups is 1. The van der Waals surface area contributed by atoms with Crippen molar-refractivity contribution in [3.63, 3.8) is 0 Å². The van der Waals surface area contributed by atoms with E-state index in [1.807, 2.05) is 25.1 Å². The molecule has 0 saturated carbocycles. The van der Waals surface area contributed by atoms with Crippen LogP contribution < -0.4 is 10.6 Å². The number of rotatable bonds is 2. The van der Waals surface area contributed by atoms with Gasteiger partial charge in [0.2, 0.25) is 0 Å². The zero-order valence-electron chi connectivity index (χ0n) is 11.1. The lowest BCUT2D eigenvalue weighted by Crippen LogP contribution is -2.19. The second-order valence-corrected chi connectivity index (χ2v) is 5.77. The Morgan fingerprint density at radius 1 is 1.00 bits per heavy atom. The second-order valence-electron chi connectivity index (χ2n) is 4.51. The molecule has 0 aromatic heterocycles. The van der Waals surface area contributed by atoms with Gasteiger partial charge >= 0.3 is 0 Å². The Morgan fingerprint density at radius 3 is 2.10 bits per heavy atom. The minimum Gasteiger partial charge on any atom is -0.332 e. The van der Waals surface area contributed by atoms with E-state index >= 15 is 0 Å². The summed E-state index contributed by atoms with van der Waals surface area (Å²) in [6.07, 6.45) is 0. The van der Waals surface area contributed by atoms with Crippen LogP contribution in [-0.2, 0) is 0 Å². The fraction of sp³-hybridized carbons (Fsp3) is 0.133. The fourth-order valence-electron chi connectivity index (χ4n) is 1.74. The highest BCUT2D eigenvalue weighted by atomic mass is 79.9. The highest BCUT2D eigenvalue weighted by Crippen LogP contribution is 2.20. The number of hydrogen-bond acceptors (Lipinski definition) is 1. The van der Waals surface area contributed by atoms with Gasteiger partial charge in [0.05, 0.1) is 0 Å². The maximum Gasteiger partial charge on any atom is 0.175 e. The van der Waals surface area contributed by atoms with Crippen LogP contribution in [0.5, 0.6) is 0 Å². The Kier molecular flexibility index (Phi) is 4.73. The predicted molar refractivity (Wildman–Crippen MR) is 89.9 cm³/mol. The third-order valence-corrected chi connectivity index (χ3v) is 3.93. The zero-order chi connectivity index (χ0) is 14.7. The molecule has 2 aromatic rings. The lowest BCUT2D eigenvalue weighted by molar-refractivity contribution is 0.619. The molecule has 104 valence electrons. The first kappa shape index (κ1) is 14.9. The van der Waals surface area contributed by atoms with Crippen LogP contribution in [0, 0.1) is 19.7 Å². The quantitative estimate of drug-likeness (QED) is 0.742. The van der Waals surface area contributed by atoms with Crippen LogP contribution in [0.25, 0.3) is 0 Å². The first-order valence-electron chi connectivity index (χ1n) is 6.06. The fourth-order valence-corrected chi connectivity index (χ4v) is 2.22. The number of anilines is 2. The van der Waals surface area contributed by atoms with Gasteiger partial charge in [-0.2, -0.15) is 0 Å². The van der Waals surface area contributed by atoms with Gasteiger partial charge in [0, 0.05) is 15.8 Å². The summed E-state index contributed by atoms with van der Waals surface area (Å²) < 4.78 is 14.2. The topological polar surface area (TPSA) is 24.1 Å². The Balaban J connectivity index is 2.04. The van der Waals surface area contributed by atoms with Crippen LogP contribution in [0.4, 0.5) is 15.8 Å². The maximum absolute atomic E-state index is 13.2. The van der Waals surface area contributed by atoms with Crippen LogP contribution in [0.15, 0.2) is 40.9 Å². The lowest BCUT2D eigenvalue weighted by Gasteiger charge is -2.12. The van der Waals surface area contributed by atoms with Gasteiger partial charge in [-0.1, -0.05) is 15.9 Å². The zero-order valence-corrected chi connectivity index (χ0v) is 13.5. The van der Waals surface area contributed by atoms with Gasteiger partial charge in [0.25, 0.3) is 0 Å². The Bertz CT molecular complexity index is 603. The molecule has 0 aliphatic carbocycles. The summed E-state index contributed by atoms with van der Waals surface area (Å²) in [6.45, 7) is 3.73. The molecule has 2 N–H and O–H groups in total. The molecule has 0 atom stereocenters. The van der Waals surface area contributed by atoms with E-state index in [0.29, 0.717) is 10.7 Å². The van der Waals surface area contributed by atoms with Crippen molar-refractivity contribution in [1.82, 2.24) is 0 Å². The van der Waals surface area contributed by atoms with Crippen LogP contribution in [0.1, 0.15) is 11.1 Å². The molecule has 0 saturated heterocycles. The molecule has 2 aromatic carbocycles. The average Bonchev–Trinajstić information content (AvgIpc) is 2.38. The van der Waals surface area contributed by atoms with Crippen molar-refractivity contribution < 1.29 is 4.39 Å². The van der Waals surface area contributed by atoms with Gasteiger partial charge in [0.1, 0.15) is 5.82 Å². The summed E-state index contributed by atoms with van der Waals surface area (Å²) in [5.74, 6) is -0.224. The molecule has 20 heavy (non-hydrogen) atoms. The number of benzene rings is 2. The van der Waals surface area contributed by atoms with E-state index in [4.69, 9.17) is 12.2 Å². The summed E-state index contributed by atoms with van der Waals surface area (Å²) in [5.41, 5.74) is 3.37. The first-order valence-corrected chi connectivity index (χ1v) is 7.26. The van der Waals surface area contributed by atoms with Crippen molar-refractivity contribution in [1.29, 1.82) is 0 Å². The van der Waals surface area contributed by atoms with E-state index in [0.717, 1.165) is 21.4 Å². The molecule has 0 spiro atoms. The third-order valence-electron chi connectivity index (χ3n) is 2.83. The standard InChI is InChI=1S/C15H14BrFN2S/c1-9-7-11(3-5-13(9)16)18-15(20)19-12-4-6-14(17)10(2)8-12/h3-8H,1-2H3,(H2,18,19,20). The van der Waals surface area contributed by atoms with E-state index in [1.165, 1.54) is 6.07 Å². The molecule has 2 rings (SSSR count). The van der Waals surface area contributed by atoms with Crippen LogP contribution in [-0.4, -0.2) is 5.11 Å². The summed E-state index contributed by atoms with van der Waals surface area (Å²) >= 11 is 8.69. The molecule has 0 heterocycles. The molecule has 0 aliphatic heterocycles. The van der Waals surface area contributed by atoms with Gasteiger partial charge in [-0.15, -0.1) is 0 Å². The SMILES string of the molecule is Cc1cc(NC(=S)Nc2ccc(Br)c(C)c2)ccc1F. The largest absolute Gasteiger partial charge is 0.332 e. The summed E-state index contributed by atoms with van der Waals surface area (Å²) in [6, 6.07) is 10.7. The van der Waals surface area contributed by atoms with Crippen molar-refractivity contribution in [2.75, 3.05) is 10.6 Å². The molecule has 0 radical (unpaired) electrons. The van der Waals surface area contributed by atoms with Crippen molar-refractivity contribution in [3.05, 3.63) is 57.8 Å². The summed E-state index contributed by atoms with van der Waals surface area (Å²) in [5, 5.41) is 6.60. The van der Waals surface area contributed by atoms with Gasteiger partial charge in [-0.3, -0.25) is 0 Å². The van der Waals surface area contributed by atoms with Gasteiger partial charge in [-0.25, -0.2) is 4.39 Å². The molecule has 5 heteroatoms. The molecule has 0 unspecified atom stereocenters. The number of nitrogens with one attached hydrogen (secondary N) is 2.